The largest absolute Gasteiger partial charge is 0.356 e. The number of nitrogens with zero attached hydrogens (tertiary/aromatic N) is 5. The number of hydrogen-bond acceptors (Lipinski definition) is 6. The van der Waals surface area contributed by atoms with E-state index in [0.717, 1.165) is 49.1 Å². The van der Waals surface area contributed by atoms with Crippen molar-refractivity contribution in [2.75, 3.05) is 18.0 Å². The first-order chi connectivity index (χ1) is 18.0. The van der Waals surface area contributed by atoms with Gasteiger partial charge < -0.3 is 10.2 Å². The Hall–Kier alpha value is -3.85. The van der Waals surface area contributed by atoms with Crippen LogP contribution in [0.2, 0.25) is 0 Å². The molecule has 0 bridgehead atoms. The molecular weight excluding hydrogens is 487 g/mol. The van der Waals surface area contributed by atoms with Crippen LogP contribution >= 0.6 is 11.3 Å². The Morgan fingerprint density at radius 1 is 1.14 bits per heavy atom. The summed E-state index contributed by atoms with van der Waals surface area (Å²) < 4.78 is 17.0. The van der Waals surface area contributed by atoms with Crippen molar-refractivity contribution in [3.05, 3.63) is 77.3 Å². The molecule has 0 saturated carbocycles. The van der Waals surface area contributed by atoms with E-state index in [2.05, 4.69) is 54.9 Å². The first-order valence-electron chi connectivity index (χ1n) is 12.5. The van der Waals surface area contributed by atoms with Gasteiger partial charge in [-0.05, 0) is 78.4 Å². The molecule has 9 heteroatoms. The summed E-state index contributed by atoms with van der Waals surface area (Å²) in [6.07, 6.45) is 5.85. The average Bonchev–Trinajstić information content (AvgIpc) is 3.49. The van der Waals surface area contributed by atoms with E-state index < -0.39 is 0 Å². The molecule has 1 N–H and O–H groups in total. The monoisotopic (exact) mass is 514 g/mol. The molecule has 1 aliphatic rings. The van der Waals surface area contributed by atoms with E-state index in [0.29, 0.717) is 23.4 Å². The smallest absolute Gasteiger partial charge is 0.223 e. The molecule has 0 aliphatic carbocycles. The molecule has 0 spiro atoms. The molecule has 37 heavy (non-hydrogen) atoms. The van der Waals surface area contributed by atoms with Gasteiger partial charge in [-0.25, -0.2) is 19.0 Å². The molecule has 3 aromatic heterocycles. The third-order valence-electron chi connectivity index (χ3n) is 7.10. The van der Waals surface area contributed by atoms with Crippen molar-refractivity contribution in [2.24, 2.45) is 5.92 Å². The highest BCUT2D eigenvalue weighted by molar-refractivity contribution is 7.17. The molecule has 2 aromatic carbocycles. The van der Waals surface area contributed by atoms with Crippen LogP contribution in [0, 0.1) is 18.7 Å². The van der Waals surface area contributed by atoms with Gasteiger partial charge in [0.15, 0.2) is 5.65 Å². The molecule has 1 fully saturated rings. The fraction of sp³-hybridized carbons (Fsp3) is 0.286. The first kappa shape index (κ1) is 23.5. The normalized spacial score (nSPS) is 16.3. The highest BCUT2D eigenvalue weighted by Gasteiger charge is 2.25. The first-order valence-corrected chi connectivity index (χ1v) is 13.4. The van der Waals surface area contributed by atoms with E-state index in [4.69, 9.17) is 0 Å². The number of anilines is 1. The number of benzene rings is 2. The maximum absolute atomic E-state index is 14.1. The van der Waals surface area contributed by atoms with Gasteiger partial charge in [-0.3, -0.25) is 4.79 Å². The van der Waals surface area contributed by atoms with Crippen LogP contribution in [0.15, 0.2) is 60.4 Å². The summed E-state index contributed by atoms with van der Waals surface area (Å²) in [6.45, 7) is 3.79. The predicted molar refractivity (Wildman–Crippen MR) is 145 cm³/mol. The van der Waals surface area contributed by atoms with Gasteiger partial charge in [0, 0.05) is 36.4 Å². The second kappa shape index (κ2) is 9.89. The van der Waals surface area contributed by atoms with E-state index >= 15 is 0 Å². The molecule has 1 amide bonds. The minimum atomic E-state index is -0.271. The Bertz CT molecular complexity index is 1590. The fourth-order valence-corrected chi connectivity index (χ4v) is 5.74. The lowest BCUT2D eigenvalue weighted by Gasteiger charge is -2.21. The summed E-state index contributed by atoms with van der Waals surface area (Å²) in [4.78, 5) is 24.1. The number of aromatic nitrogens is 4. The summed E-state index contributed by atoms with van der Waals surface area (Å²) in [6, 6.07) is 13.5. The number of thiophene rings is 1. The minimum absolute atomic E-state index is 0.0366. The number of halogens is 1. The van der Waals surface area contributed by atoms with E-state index in [-0.39, 0.29) is 17.6 Å². The lowest BCUT2D eigenvalue weighted by atomic mass is 9.99. The maximum atomic E-state index is 14.1. The second-order valence-electron chi connectivity index (χ2n) is 9.57. The molecule has 1 atom stereocenters. The molecule has 4 heterocycles. The summed E-state index contributed by atoms with van der Waals surface area (Å²) in [7, 11) is 0. The van der Waals surface area contributed by atoms with Gasteiger partial charge in [-0.15, -0.1) is 16.4 Å². The second-order valence-corrected chi connectivity index (χ2v) is 10.5. The van der Waals surface area contributed by atoms with Crippen LogP contribution in [0.4, 0.5) is 10.2 Å². The zero-order valence-corrected chi connectivity index (χ0v) is 21.3. The summed E-state index contributed by atoms with van der Waals surface area (Å²) in [5.74, 6) is 0.598. The third-order valence-corrected chi connectivity index (χ3v) is 8.00. The highest BCUT2D eigenvalue weighted by atomic mass is 32.1. The lowest BCUT2D eigenvalue weighted by molar-refractivity contribution is -0.125. The van der Waals surface area contributed by atoms with Gasteiger partial charge in [-0.2, -0.15) is 0 Å². The Morgan fingerprint density at radius 2 is 2.05 bits per heavy atom. The molecule has 5 aromatic rings. The number of amides is 1. The van der Waals surface area contributed by atoms with Gasteiger partial charge in [0.2, 0.25) is 5.91 Å². The van der Waals surface area contributed by atoms with Crippen LogP contribution in [0.25, 0.3) is 26.8 Å². The SMILES string of the molecule is Cc1ccc(-n2cc3c(N4CCCC(C(=O)NCc5ccc6sccc6c5)CC4)ncnc3n2)cc1F. The third kappa shape index (κ3) is 4.79. The van der Waals surface area contributed by atoms with Crippen LogP contribution in [-0.4, -0.2) is 38.7 Å². The predicted octanol–water partition coefficient (Wildman–Crippen LogP) is 5.40. The average molecular weight is 515 g/mol. The molecule has 1 unspecified atom stereocenters. The van der Waals surface area contributed by atoms with Gasteiger partial charge >= 0.3 is 0 Å². The Balaban J connectivity index is 1.14. The number of aryl methyl sites for hydroxylation is 1. The zero-order valence-electron chi connectivity index (χ0n) is 20.5. The van der Waals surface area contributed by atoms with Crippen LogP contribution in [0.1, 0.15) is 30.4 Å². The number of fused-ring (bicyclic) bond motifs is 2. The van der Waals surface area contributed by atoms with Crippen molar-refractivity contribution >= 4 is 44.2 Å². The summed E-state index contributed by atoms with van der Waals surface area (Å²) >= 11 is 1.72. The van der Waals surface area contributed by atoms with Gasteiger partial charge in [0.1, 0.15) is 18.0 Å². The molecule has 6 rings (SSSR count). The minimum Gasteiger partial charge on any atom is -0.356 e. The van der Waals surface area contributed by atoms with Gasteiger partial charge in [0.05, 0.1) is 11.1 Å². The molecule has 1 aliphatic heterocycles. The quantitative estimate of drug-likeness (QED) is 0.340. The Morgan fingerprint density at radius 3 is 2.95 bits per heavy atom. The molecule has 1 saturated heterocycles. The summed E-state index contributed by atoms with van der Waals surface area (Å²) in [5.41, 5.74) is 2.90. The number of nitrogens with one attached hydrogen (secondary N) is 1. The fourth-order valence-electron chi connectivity index (χ4n) is 4.96. The van der Waals surface area contributed by atoms with Crippen molar-refractivity contribution in [3.8, 4) is 5.69 Å². The number of rotatable bonds is 5. The lowest BCUT2D eigenvalue weighted by Crippen LogP contribution is -2.31. The van der Waals surface area contributed by atoms with Gasteiger partial charge in [-0.1, -0.05) is 12.1 Å². The van der Waals surface area contributed by atoms with Crippen molar-refractivity contribution in [2.45, 2.75) is 32.7 Å². The standard InChI is InChI=1S/C28H27FN6OS/c1-18-4-6-22(14-24(18)29)35-16-23-26(33-35)31-17-32-27(23)34-10-2-3-20(8-11-34)28(36)30-15-19-5-7-25-21(13-19)9-12-37-25/h4-7,9,12-14,16-17,20H,2-3,8,10-11,15H2,1H3,(H,30,36). The molecule has 7 nitrogen and oxygen atoms in total. The highest BCUT2D eigenvalue weighted by Crippen LogP contribution is 2.28. The molecule has 188 valence electrons. The number of carbonyl (C=O) groups is 1. The van der Waals surface area contributed by atoms with Gasteiger partial charge in [0.25, 0.3) is 0 Å². The van der Waals surface area contributed by atoms with E-state index in [1.54, 1.807) is 29.0 Å². The topological polar surface area (TPSA) is 75.9 Å². The maximum Gasteiger partial charge on any atom is 0.223 e. The number of carbonyl (C=O) groups excluding carboxylic acids is 1. The van der Waals surface area contributed by atoms with Crippen LogP contribution in [0.3, 0.4) is 0 Å². The molecular formula is C28H27FN6OS. The van der Waals surface area contributed by atoms with Crippen molar-refractivity contribution < 1.29 is 9.18 Å². The van der Waals surface area contributed by atoms with E-state index in [1.807, 2.05) is 12.3 Å². The Labute approximate surface area is 218 Å². The van der Waals surface area contributed by atoms with Crippen molar-refractivity contribution in [1.29, 1.82) is 0 Å². The van der Waals surface area contributed by atoms with E-state index in [9.17, 15) is 9.18 Å². The molecule has 0 radical (unpaired) electrons. The van der Waals surface area contributed by atoms with Crippen molar-refractivity contribution in [3.63, 3.8) is 0 Å². The van der Waals surface area contributed by atoms with Crippen LogP contribution < -0.4 is 10.2 Å². The van der Waals surface area contributed by atoms with Crippen LogP contribution in [-0.2, 0) is 11.3 Å². The summed E-state index contributed by atoms with van der Waals surface area (Å²) in [5, 5.41) is 11.8. The zero-order chi connectivity index (χ0) is 25.4. The van der Waals surface area contributed by atoms with E-state index in [1.165, 1.54) is 22.5 Å². The van der Waals surface area contributed by atoms with Crippen LogP contribution in [0.5, 0.6) is 0 Å². The number of hydrogen-bond donors (Lipinski definition) is 1. The van der Waals surface area contributed by atoms with Crippen molar-refractivity contribution in [1.82, 2.24) is 25.1 Å². The Kier molecular flexibility index (Phi) is 6.30.